The molecule has 2 aliphatic rings. The van der Waals surface area contributed by atoms with Gasteiger partial charge in [-0.2, -0.15) is 0 Å². The Morgan fingerprint density at radius 2 is 1.69 bits per heavy atom. The van der Waals surface area contributed by atoms with Crippen LogP contribution in [0, 0.1) is 11.8 Å². The quantitative estimate of drug-likeness (QED) is 0.745. The molecule has 0 aromatic carbocycles. The van der Waals surface area contributed by atoms with Crippen LogP contribution in [-0.4, -0.2) is 24.4 Å². The van der Waals surface area contributed by atoms with Gasteiger partial charge < -0.3 is 10.6 Å². The molecule has 0 heterocycles. The van der Waals surface area contributed by atoms with E-state index in [1.54, 1.807) is 7.05 Å². The summed E-state index contributed by atoms with van der Waals surface area (Å²) in [5.41, 5.74) is 0.0577. The minimum atomic E-state index is 0.0350. The summed E-state index contributed by atoms with van der Waals surface area (Å²) in [5.74, 6) is 0.298. The number of hydrogen-bond donors (Lipinski definition) is 2. The number of hydrogen-bond acceptors (Lipinski definition) is 2. The van der Waals surface area contributed by atoms with Crippen LogP contribution in [0.2, 0.25) is 0 Å². The zero-order chi connectivity index (χ0) is 11.8. The summed E-state index contributed by atoms with van der Waals surface area (Å²) < 4.78 is 0. The van der Waals surface area contributed by atoms with Crippen LogP contribution in [-0.2, 0) is 9.59 Å². The maximum Gasteiger partial charge on any atom is 0.223 e. The summed E-state index contributed by atoms with van der Waals surface area (Å²) in [7, 11) is 1.65. The van der Waals surface area contributed by atoms with Crippen LogP contribution < -0.4 is 10.6 Å². The summed E-state index contributed by atoms with van der Waals surface area (Å²) in [6.45, 7) is 2.08. The van der Waals surface area contributed by atoms with Crippen molar-refractivity contribution in [2.75, 3.05) is 7.05 Å². The predicted octanol–water partition coefficient (Wildman–Crippen LogP) is 0.817. The van der Waals surface area contributed by atoms with Crippen molar-refractivity contribution in [3.63, 3.8) is 0 Å². The number of rotatable bonds is 3. The van der Waals surface area contributed by atoms with Crippen molar-refractivity contribution in [3.8, 4) is 0 Å². The maximum atomic E-state index is 11.9. The number of nitrogens with one attached hydrogen (secondary N) is 2. The molecule has 2 N–H and O–H groups in total. The molecule has 2 atom stereocenters. The fourth-order valence-electron chi connectivity index (χ4n) is 2.37. The first-order valence-corrected chi connectivity index (χ1v) is 6.08. The van der Waals surface area contributed by atoms with Crippen molar-refractivity contribution >= 4 is 11.8 Å². The Hall–Kier alpha value is -1.06. The number of carbonyl (C=O) groups is 2. The lowest BCUT2D eigenvalue weighted by molar-refractivity contribution is -0.126. The number of carbonyl (C=O) groups excluding carboxylic acids is 2. The molecule has 0 aromatic rings. The molecule has 0 bridgehead atoms. The Morgan fingerprint density at radius 3 is 2.19 bits per heavy atom. The zero-order valence-electron chi connectivity index (χ0n) is 10.0. The first-order chi connectivity index (χ1) is 7.54. The largest absolute Gasteiger partial charge is 0.359 e. The molecule has 4 heteroatoms. The van der Waals surface area contributed by atoms with Crippen LogP contribution in [0.4, 0.5) is 0 Å². The van der Waals surface area contributed by atoms with Crippen LogP contribution in [0.1, 0.15) is 39.0 Å². The average Bonchev–Trinajstić information content (AvgIpc) is 2.83. The molecule has 0 aromatic heterocycles. The first-order valence-electron chi connectivity index (χ1n) is 6.08. The molecule has 0 saturated heterocycles. The van der Waals surface area contributed by atoms with E-state index < -0.39 is 0 Å². The van der Waals surface area contributed by atoms with Gasteiger partial charge in [-0.3, -0.25) is 9.59 Å². The summed E-state index contributed by atoms with van der Waals surface area (Å²) in [6.07, 6.45) is 4.57. The van der Waals surface area contributed by atoms with E-state index in [0.29, 0.717) is 6.42 Å². The van der Waals surface area contributed by atoms with E-state index >= 15 is 0 Å². The average molecular weight is 224 g/mol. The van der Waals surface area contributed by atoms with Crippen molar-refractivity contribution in [2.24, 2.45) is 11.8 Å². The van der Waals surface area contributed by atoms with Gasteiger partial charge in [0.15, 0.2) is 0 Å². The molecule has 0 radical (unpaired) electrons. The smallest absolute Gasteiger partial charge is 0.223 e. The maximum absolute atomic E-state index is 11.9. The van der Waals surface area contributed by atoms with Gasteiger partial charge in [0.05, 0.1) is 0 Å². The van der Waals surface area contributed by atoms with E-state index in [4.69, 9.17) is 0 Å². The fourth-order valence-corrected chi connectivity index (χ4v) is 2.37. The lowest BCUT2D eigenvalue weighted by atomic mass is 10.0. The van der Waals surface area contributed by atoms with Crippen LogP contribution in [0.25, 0.3) is 0 Å². The van der Waals surface area contributed by atoms with Crippen molar-refractivity contribution in [2.45, 2.75) is 44.6 Å². The Kier molecular flexibility index (Phi) is 2.91. The van der Waals surface area contributed by atoms with Gasteiger partial charge in [0, 0.05) is 24.4 Å². The van der Waals surface area contributed by atoms with E-state index in [1.165, 1.54) is 0 Å². The van der Waals surface area contributed by atoms with Crippen molar-refractivity contribution in [1.82, 2.24) is 10.6 Å². The van der Waals surface area contributed by atoms with Crippen LogP contribution >= 0.6 is 0 Å². The third-order valence-corrected chi connectivity index (χ3v) is 3.85. The van der Waals surface area contributed by atoms with Gasteiger partial charge in [0.1, 0.15) is 0 Å². The highest BCUT2D eigenvalue weighted by molar-refractivity contribution is 5.83. The molecule has 16 heavy (non-hydrogen) atoms. The molecule has 2 saturated carbocycles. The summed E-state index contributed by atoms with van der Waals surface area (Å²) in [6, 6.07) is 0. The molecule has 0 aliphatic heterocycles. The standard InChI is InChI=1S/C12H20N2O2/c1-12(5-6-12)14-11(16)9-4-3-8(7-9)10(15)13-2/h8-9H,3-7H2,1-2H3,(H,13,15)(H,14,16)/t8-,9+/m1/s1. The van der Waals surface area contributed by atoms with E-state index in [0.717, 1.165) is 25.7 Å². The number of amides is 2. The summed E-state index contributed by atoms with van der Waals surface area (Å²) >= 11 is 0. The Morgan fingerprint density at radius 1 is 1.12 bits per heavy atom. The second-order valence-corrected chi connectivity index (χ2v) is 5.37. The van der Waals surface area contributed by atoms with Gasteiger partial charge in [0.2, 0.25) is 11.8 Å². The lowest BCUT2D eigenvalue weighted by Crippen LogP contribution is -2.38. The van der Waals surface area contributed by atoms with Crippen molar-refractivity contribution in [1.29, 1.82) is 0 Å². The topological polar surface area (TPSA) is 58.2 Å². The molecule has 2 rings (SSSR count). The minimum Gasteiger partial charge on any atom is -0.359 e. The van der Waals surface area contributed by atoms with Crippen LogP contribution in [0.5, 0.6) is 0 Å². The third kappa shape index (κ3) is 2.36. The van der Waals surface area contributed by atoms with E-state index in [1.807, 2.05) is 0 Å². The van der Waals surface area contributed by atoms with Gasteiger partial charge in [0.25, 0.3) is 0 Å². The predicted molar refractivity (Wildman–Crippen MR) is 60.7 cm³/mol. The molecule has 2 amide bonds. The zero-order valence-corrected chi connectivity index (χ0v) is 10.0. The monoisotopic (exact) mass is 224 g/mol. The van der Waals surface area contributed by atoms with E-state index in [-0.39, 0.29) is 29.2 Å². The third-order valence-electron chi connectivity index (χ3n) is 3.85. The highest BCUT2D eigenvalue weighted by Gasteiger charge is 2.41. The van der Waals surface area contributed by atoms with Gasteiger partial charge in [-0.15, -0.1) is 0 Å². The Bertz CT molecular complexity index is 310. The molecule has 90 valence electrons. The lowest BCUT2D eigenvalue weighted by Gasteiger charge is -2.15. The van der Waals surface area contributed by atoms with Gasteiger partial charge >= 0.3 is 0 Å². The van der Waals surface area contributed by atoms with E-state index in [2.05, 4.69) is 17.6 Å². The molecule has 2 aliphatic carbocycles. The van der Waals surface area contributed by atoms with Crippen LogP contribution in [0.15, 0.2) is 0 Å². The highest BCUT2D eigenvalue weighted by Crippen LogP contribution is 2.37. The first kappa shape index (κ1) is 11.4. The Balaban J connectivity index is 1.83. The van der Waals surface area contributed by atoms with Crippen molar-refractivity contribution in [3.05, 3.63) is 0 Å². The normalized spacial score (nSPS) is 30.9. The molecule has 0 spiro atoms. The second-order valence-electron chi connectivity index (χ2n) is 5.37. The molecule has 2 fully saturated rings. The Labute approximate surface area is 96.2 Å². The SMILES string of the molecule is CNC(=O)[C@@H]1CC[C@H](C(=O)NC2(C)CC2)C1. The van der Waals surface area contributed by atoms with Gasteiger partial charge in [-0.05, 0) is 39.0 Å². The molecule has 4 nitrogen and oxygen atoms in total. The van der Waals surface area contributed by atoms with E-state index in [9.17, 15) is 9.59 Å². The highest BCUT2D eigenvalue weighted by atomic mass is 16.2. The molecular weight excluding hydrogens is 204 g/mol. The summed E-state index contributed by atoms with van der Waals surface area (Å²) in [4.78, 5) is 23.4. The van der Waals surface area contributed by atoms with Crippen molar-refractivity contribution < 1.29 is 9.59 Å². The summed E-state index contributed by atoms with van der Waals surface area (Å²) in [5, 5.41) is 5.74. The minimum absolute atomic E-state index is 0.0350. The van der Waals surface area contributed by atoms with Crippen LogP contribution in [0.3, 0.4) is 0 Å². The second kappa shape index (κ2) is 4.07. The molecular formula is C12H20N2O2. The van der Waals surface area contributed by atoms with Gasteiger partial charge in [-0.1, -0.05) is 0 Å². The van der Waals surface area contributed by atoms with Gasteiger partial charge in [-0.25, -0.2) is 0 Å². The molecule has 0 unspecified atom stereocenters. The fraction of sp³-hybridized carbons (Fsp3) is 0.833.